The Morgan fingerprint density at radius 3 is 2.27 bits per heavy atom. The van der Waals surface area contributed by atoms with E-state index in [4.69, 9.17) is 21.1 Å². The van der Waals surface area contributed by atoms with Gasteiger partial charge in [-0.3, -0.25) is 0 Å². The molecule has 0 heterocycles. The van der Waals surface area contributed by atoms with Crippen LogP contribution >= 0.6 is 11.6 Å². The smallest absolute Gasteiger partial charge is 0.142 e. The largest absolute Gasteiger partial charge is 0.497 e. The van der Waals surface area contributed by atoms with E-state index in [1.165, 1.54) is 19.2 Å². The van der Waals surface area contributed by atoms with Crippen molar-refractivity contribution in [3.63, 3.8) is 0 Å². The molecule has 0 aliphatic heterocycles. The van der Waals surface area contributed by atoms with Crippen molar-refractivity contribution >= 4 is 11.6 Å². The zero-order chi connectivity index (χ0) is 16.1. The Morgan fingerprint density at radius 1 is 1.09 bits per heavy atom. The van der Waals surface area contributed by atoms with Crippen LogP contribution in [0.2, 0.25) is 5.02 Å². The van der Waals surface area contributed by atoms with E-state index in [0.29, 0.717) is 28.2 Å². The molecule has 118 valence electrons. The Kier molecular flexibility index (Phi) is 5.60. The highest BCUT2D eigenvalue weighted by atomic mass is 35.5. The van der Waals surface area contributed by atoms with Crippen LogP contribution in [0.1, 0.15) is 16.7 Å². The molecule has 2 N–H and O–H groups in total. The maximum Gasteiger partial charge on any atom is 0.142 e. The van der Waals surface area contributed by atoms with E-state index in [2.05, 4.69) is 0 Å². The number of halogens is 2. The molecule has 0 saturated heterocycles. The van der Waals surface area contributed by atoms with Crippen LogP contribution in [0.3, 0.4) is 0 Å². The molecule has 0 aliphatic rings. The molecule has 0 aliphatic carbocycles. The van der Waals surface area contributed by atoms with Gasteiger partial charge in [0.15, 0.2) is 0 Å². The van der Waals surface area contributed by atoms with Gasteiger partial charge in [0, 0.05) is 16.7 Å². The number of hydrogen-bond donors (Lipinski definition) is 2. The molecule has 2 rings (SSSR count). The highest BCUT2D eigenvalue weighted by molar-refractivity contribution is 6.31. The number of aliphatic hydroxyl groups is 2. The van der Waals surface area contributed by atoms with Crippen molar-refractivity contribution in [1.82, 2.24) is 0 Å². The van der Waals surface area contributed by atoms with E-state index in [0.717, 1.165) is 0 Å². The van der Waals surface area contributed by atoms with Gasteiger partial charge in [0.2, 0.25) is 0 Å². The third-order valence-corrected chi connectivity index (χ3v) is 3.62. The lowest BCUT2D eigenvalue weighted by molar-refractivity contribution is 0.241. The molecule has 0 amide bonds. The zero-order valence-corrected chi connectivity index (χ0v) is 12.7. The van der Waals surface area contributed by atoms with E-state index in [-0.39, 0.29) is 24.8 Å². The second-order valence-corrected chi connectivity index (χ2v) is 4.97. The summed E-state index contributed by atoms with van der Waals surface area (Å²) in [6.07, 6.45) is 0. The second kappa shape index (κ2) is 7.45. The summed E-state index contributed by atoms with van der Waals surface area (Å²) in [6, 6.07) is 7.67. The third-order valence-electron chi connectivity index (χ3n) is 3.20. The lowest BCUT2D eigenvalue weighted by Gasteiger charge is -2.16. The van der Waals surface area contributed by atoms with Crippen molar-refractivity contribution in [2.75, 3.05) is 7.11 Å². The first-order chi connectivity index (χ1) is 10.6. The minimum absolute atomic E-state index is 0.00731. The van der Waals surface area contributed by atoms with Gasteiger partial charge in [-0.1, -0.05) is 23.7 Å². The first kappa shape index (κ1) is 16.5. The van der Waals surface area contributed by atoms with Gasteiger partial charge >= 0.3 is 0 Å². The lowest BCUT2D eigenvalue weighted by atomic mass is 10.1. The van der Waals surface area contributed by atoms with Crippen molar-refractivity contribution < 1.29 is 24.1 Å². The van der Waals surface area contributed by atoms with E-state index < -0.39 is 5.82 Å². The summed E-state index contributed by atoms with van der Waals surface area (Å²) in [5.74, 6) is 0.317. The summed E-state index contributed by atoms with van der Waals surface area (Å²) in [5.41, 5.74) is 1.41. The fourth-order valence-electron chi connectivity index (χ4n) is 2.07. The molecule has 4 nitrogen and oxygen atoms in total. The first-order valence-electron chi connectivity index (χ1n) is 6.57. The third kappa shape index (κ3) is 3.50. The fourth-order valence-corrected chi connectivity index (χ4v) is 2.25. The number of rotatable bonds is 6. The van der Waals surface area contributed by atoms with Crippen LogP contribution < -0.4 is 9.47 Å². The van der Waals surface area contributed by atoms with E-state index in [1.54, 1.807) is 18.2 Å². The van der Waals surface area contributed by atoms with Gasteiger partial charge in [-0.25, -0.2) is 4.39 Å². The molecule has 0 saturated carbocycles. The number of methoxy groups -OCH3 is 1. The molecule has 0 aromatic heterocycles. The van der Waals surface area contributed by atoms with E-state index >= 15 is 0 Å². The van der Waals surface area contributed by atoms with Crippen molar-refractivity contribution in [2.45, 2.75) is 19.8 Å². The Balaban J connectivity index is 2.30. The van der Waals surface area contributed by atoms with Crippen LogP contribution in [0.5, 0.6) is 11.5 Å². The number of benzene rings is 2. The molecule has 0 bridgehead atoms. The lowest BCUT2D eigenvalue weighted by Crippen LogP contribution is -2.04. The Hall–Kier alpha value is -1.82. The van der Waals surface area contributed by atoms with Gasteiger partial charge in [0.25, 0.3) is 0 Å². The van der Waals surface area contributed by atoms with Crippen LogP contribution in [0.15, 0.2) is 30.3 Å². The quantitative estimate of drug-likeness (QED) is 0.856. The van der Waals surface area contributed by atoms with Gasteiger partial charge in [-0.15, -0.1) is 0 Å². The Labute approximate surface area is 132 Å². The normalized spacial score (nSPS) is 10.6. The number of hydrogen-bond acceptors (Lipinski definition) is 4. The minimum Gasteiger partial charge on any atom is -0.497 e. The van der Waals surface area contributed by atoms with Gasteiger partial charge in [0.05, 0.1) is 25.3 Å². The molecular weight excluding hydrogens is 311 g/mol. The number of aliphatic hydroxyl groups excluding tert-OH is 2. The Morgan fingerprint density at radius 2 is 1.73 bits per heavy atom. The molecule has 22 heavy (non-hydrogen) atoms. The average Bonchev–Trinajstić information content (AvgIpc) is 2.55. The van der Waals surface area contributed by atoms with E-state index in [9.17, 15) is 14.6 Å². The maximum absolute atomic E-state index is 13.4. The summed E-state index contributed by atoms with van der Waals surface area (Å²) in [5, 5.41) is 18.9. The molecule has 2 aromatic rings. The second-order valence-electron chi connectivity index (χ2n) is 4.59. The predicted octanol–water partition coefficient (Wildman–Crippen LogP) is 3.05. The average molecular weight is 327 g/mol. The summed E-state index contributed by atoms with van der Waals surface area (Å²) in [6.45, 7) is -0.546. The molecule has 0 spiro atoms. The van der Waals surface area contributed by atoms with Crippen molar-refractivity contribution in [1.29, 1.82) is 0 Å². The summed E-state index contributed by atoms with van der Waals surface area (Å²) in [4.78, 5) is 0. The monoisotopic (exact) mass is 326 g/mol. The zero-order valence-electron chi connectivity index (χ0n) is 12.0. The molecule has 2 aromatic carbocycles. The highest BCUT2D eigenvalue weighted by Gasteiger charge is 2.14. The standard InChI is InChI=1S/C16H16ClFO4/c1-21-13-5-11(7-19)16(12(6-13)8-20)22-9-10-3-2-4-14(18)15(10)17/h2-6,19-20H,7-9H2,1H3. The van der Waals surface area contributed by atoms with Crippen molar-refractivity contribution in [3.05, 3.63) is 57.9 Å². The molecule has 0 unspecified atom stereocenters. The fraction of sp³-hybridized carbons (Fsp3) is 0.250. The van der Waals surface area contributed by atoms with Gasteiger partial charge in [-0.2, -0.15) is 0 Å². The van der Waals surface area contributed by atoms with Crippen molar-refractivity contribution in [3.8, 4) is 11.5 Å². The van der Waals surface area contributed by atoms with Crippen LogP contribution in [-0.2, 0) is 19.8 Å². The first-order valence-corrected chi connectivity index (χ1v) is 6.95. The predicted molar refractivity (Wildman–Crippen MR) is 80.6 cm³/mol. The van der Waals surface area contributed by atoms with Crippen LogP contribution in [0, 0.1) is 5.82 Å². The topological polar surface area (TPSA) is 58.9 Å². The summed E-state index contributed by atoms with van der Waals surface area (Å²) >= 11 is 5.88. The van der Waals surface area contributed by atoms with E-state index in [1.807, 2.05) is 0 Å². The van der Waals surface area contributed by atoms with Gasteiger partial charge in [-0.05, 0) is 18.2 Å². The van der Waals surface area contributed by atoms with Gasteiger partial charge < -0.3 is 19.7 Å². The summed E-state index contributed by atoms with van der Waals surface area (Å²) in [7, 11) is 1.49. The highest BCUT2D eigenvalue weighted by Crippen LogP contribution is 2.31. The molecular formula is C16H16ClFO4. The Bertz CT molecular complexity index is 636. The van der Waals surface area contributed by atoms with Crippen LogP contribution in [0.4, 0.5) is 4.39 Å². The number of ether oxygens (including phenoxy) is 2. The molecule has 0 atom stereocenters. The van der Waals surface area contributed by atoms with Crippen LogP contribution in [-0.4, -0.2) is 17.3 Å². The summed E-state index contributed by atoms with van der Waals surface area (Å²) < 4.78 is 24.2. The van der Waals surface area contributed by atoms with Gasteiger partial charge in [0.1, 0.15) is 23.9 Å². The van der Waals surface area contributed by atoms with Crippen LogP contribution in [0.25, 0.3) is 0 Å². The maximum atomic E-state index is 13.4. The SMILES string of the molecule is COc1cc(CO)c(OCc2cccc(F)c2Cl)c(CO)c1. The minimum atomic E-state index is -0.526. The van der Waals surface area contributed by atoms with Crippen molar-refractivity contribution in [2.24, 2.45) is 0 Å². The molecule has 0 radical (unpaired) electrons. The molecule has 0 fully saturated rings. The molecule has 6 heteroatoms.